The topological polar surface area (TPSA) is 58.6 Å². The number of hydrogen-bond donors (Lipinski definition) is 1. The van der Waals surface area contributed by atoms with Crippen molar-refractivity contribution in [1.82, 2.24) is 5.32 Å². The van der Waals surface area contributed by atoms with Crippen LogP contribution in [0, 0.1) is 0 Å². The summed E-state index contributed by atoms with van der Waals surface area (Å²) in [7, 11) is -3.29. The third-order valence-electron chi connectivity index (χ3n) is 3.42. The van der Waals surface area contributed by atoms with Crippen LogP contribution in [0.15, 0.2) is 24.3 Å². The summed E-state index contributed by atoms with van der Waals surface area (Å²) in [6.07, 6.45) is 2.40. The van der Waals surface area contributed by atoms with Gasteiger partial charge in [0.2, 0.25) is 10.0 Å². The Hall–Kier alpha value is -1.27. The number of hydrogen-bond acceptors (Lipinski definition) is 4. The summed E-state index contributed by atoms with van der Waals surface area (Å²) in [5.74, 6) is 0.820. The van der Waals surface area contributed by atoms with Crippen molar-refractivity contribution in [1.29, 1.82) is 0 Å². The predicted octanol–water partition coefficient (Wildman–Crippen LogP) is 1.99. The van der Waals surface area contributed by atoms with Crippen molar-refractivity contribution >= 4 is 15.7 Å². The van der Waals surface area contributed by atoms with Crippen molar-refractivity contribution in [2.45, 2.75) is 26.2 Å². The Kier molecular flexibility index (Phi) is 5.87. The van der Waals surface area contributed by atoms with Crippen LogP contribution >= 0.6 is 0 Å². The Labute approximate surface area is 127 Å². The highest BCUT2D eigenvalue weighted by Crippen LogP contribution is 2.32. The molecule has 1 heterocycles. The van der Waals surface area contributed by atoms with E-state index in [0.717, 1.165) is 19.5 Å². The summed E-state index contributed by atoms with van der Waals surface area (Å²) in [6.45, 7) is 4.81. The molecule has 0 saturated carbocycles. The van der Waals surface area contributed by atoms with Gasteiger partial charge in [0.1, 0.15) is 5.75 Å². The van der Waals surface area contributed by atoms with Crippen molar-refractivity contribution in [3.05, 3.63) is 24.3 Å². The molecule has 2 rings (SSSR count). The summed E-state index contributed by atoms with van der Waals surface area (Å²) < 4.78 is 32.3. The first kappa shape index (κ1) is 16.1. The van der Waals surface area contributed by atoms with Crippen LogP contribution in [0.2, 0.25) is 0 Å². The van der Waals surface area contributed by atoms with Crippen LogP contribution in [0.5, 0.6) is 5.75 Å². The lowest BCUT2D eigenvalue weighted by atomic mass is 10.3. The van der Waals surface area contributed by atoms with Crippen molar-refractivity contribution in [2.24, 2.45) is 0 Å². The van der Waals surface area contributed by atoms with E-state index in [4.69, 9.17) is 4.74 Å². The van der Waals surface area contributed by atoms with Crippen LogP contribution in [-0.4, -0.2) is 40.4 Å². The Morgan fingerprint density at radius 1 is 1.29 bits per heavy atom. The molecule has 0 saturated heterocycles. The van der Waals surface area contributed by atoms with E-state index in [9.17, 15) is 8.42 Å². The summed E-state index contributed by atoms with van der Waals surface area (Å²) in [5, 5.41) is 3.23. The summed E-state index contributed by atoms with van der Waals surface area (Å²) in [5.41, 5.74) is 0.663. The van der Waals surface area contributed by atoms with E-state index in [0.29, 0.717) is 37.4 Å². The normalized spacial score (nSPS) is 15.2. The number of nitrogens with zero attached hydrogens (tertiary/aromatic N) is 1. The number of para-hydroxylation sites is 2. The van der Waals surface area contributed by atoms with Crippen LogP contribution in [-0.2, 0) is 10.0 Å². The zero-order valence-electron chi connectivity index (χ0n) is 12.5. The molecular weight excluding hydrogens is 288 g/mol. The molecule has 21 heavy (non-hydrogen) atoms. The SMILES string of the molecule is CCCNCCCS(=O)(=O)N1CCCOc2ccccc21. The van der Waals surface area contributed by atoms with Crippen LogP contribution in [0.1, 0.15) is 26.2 Å². The summed E-state index contributed by atoms with van der Waals surface area (Å²) in [4.78, 5) is 0. The van der Waals surface area contributed by atoms with E-state index < -0.39 is 10.0 Å². The molecule has 1 aliphatic rings. The fourth-order valence-corrected chi connectivity index (χ4v) is 3.96. The molecule has 0 aliphatic carbocycles. The molecule has 0 bridgehead atoms. The highest BCUT2D eigenvalue weighted by atomic mass is 32.2. The van der Waals surface area contributed by atoms with Crippen molar-refractivity contribution in [2.75, 3.05) is 36.3 Å². The average Bonchev–Trinajstić information content (AvgIpc) is 2.69. The van der Waals surface area contributed by atoms with Crippen LogP contribution in [0.4, 0.5) is 5.69 Å². The van der Waals surface area contributed by atoms with Gasteiger partial charge in [-0.25, -0.2) is 8.42 Å². The van der Waals surface area contributed by atoms with E-state index in [-0.39, 0.29) is 5.75 Å². The maximum Gasteiger partial charge on any atom is 0.235 e. The minimum Gasteiger partial charge on any atom is -0.491 e. The van der Waals surface area contributed by atoms with E-state index >= 15 is 0 Å². The van der Waals surface area contributed by atoms with Gasteiger partial charge in [-0.05, 0) is 38.1 Å². The van der Waals surface area contributed by atoms with Crippen LogP contribution in [0.25, 0.3) is 0 Å². The second-order valence-corrected chi connectivity index (χ2v) is 7.17. The zero-order valence-corrected chi connectivity index (χ0v) is 13.4. The Balaban J connectivity index is 2.05. The second-order valence-electron chi connectivity index (χ2n) is 5.16. The smallest absolute Gasteiger partial charge is 0.235 e. The molecule has 5 nitrogen and oxygen atoms in total. The molecule has 1 N–H and O–H groups in total. The number of benzene rings is 1. The van der Waals surface area contributed by atoms with E-state index in [1.165, 1.54) is 4.31 Å². The van der Waals surface area contributed by atoms with Crippen LogP contribution < -0.4 is 14.4 Å². The van der Waals surface area contributed by atoms with Gasteiger partial charge in [0, 0.05) is 13.0 Å². The third kappa shape index (κ3) is 4.35. The standard InChI is InChI=1S/C15H24N2O3S/c1-2-9-16-10-5-13-21(18,19)17-11-6-12-20-15-8-4-3-7-14(15)17/h3-4,7-8,16H,2,5-6,9-13H2,1H3. The predicted molar refractivity (Wildman–Crippen MR) is 85.5 cm³/mol. The quantitative estimate of drug-likeness (QED) is 0.782. The number of anilines is 1. The molecule has 1 aromatic carbocycles. The molecule has 0 atom stereocenters. The lowest BCUT2D eigenvalue weighted by Gasteiger charge is -2.23. The molecule has 1 aliphatic heterocycles. The lowest BCUT2D eigenvalue weighted by Crippen LogP contribution is -2.34. The lowest BCUT2D eigenvalue weighted by molar-refractivity contribution is 0.322. The molecule has 0 radical (unpaired) electrons. The first-order chi connectivity index (χ1) is 10.1. The fraction of sp³-hybridized carbons (Fsp3) is 0.600. The number of ether oxygens (including phenoxy) is 1. The summed E-state index contributed by atoms with van der Waals surface area (Å²) in [6, 6.07) is 7.35. The molecule has 0 fully saturated rings. The van der Waals surface area contributed by atoms with Crippen molar-refractivity contribution in [3.63, 3.8) is 0 Å². The molecule has 6 heteroatoms. The van der Waals surface area contributed by atoms with E-state index in [2.05, 4.69) is 12.2 Å². The number of sulfonamides is 1. The maximum absolute atomic E-state index is 12.6. The van der Waals surface area contributed by atoms with Gasteiger partial charge in [-0.15, -0.1) is 0 Å². The Bertz CT molecular complexity index is 546. The highest BCUT2D eigenvalue weighted by molar-refractivity contribution is 7.92. The highest BCUT2D eigenvalue weighted by Gasteiger charge is 2.26. The largest absolute Gasteiger partial charge is 0.491 e. The van der Waals surface area contributed by atoms with Gasteiger partial charge in [-0.3, -0.25) is 4.31 Å². The number of nitrogens with one attached hydrogen (secondary N) is 1. The molecule has 0 spiro atoms. The van der Waals surface area contributed by atoms with Gasteiger partial charge in [-0.1, -0.05) is 19.1 Å². The second kappa shape index (κ2) is 7.66. The first-order valence-corrected chi connectivity index (χ1v) is 9.19. The molecule has 1 aromatic rings. The molecular formula is C15H24N2O3S. The maximum atomic E-state index is 12.6. The summed E-state index contributed by atoms with van der Waals surface area (Å²) >= 11 is 0. The van der Waals surface area contributed by atoms with Gasteiger partial charge in [-0.2, -0.15) is 0 Å². The van der Waals surface area contributed by atoms with Gasteiger partial charge >= 0.3 is 0 Å². The van der Waals surface area contributed by atoms with Gasteiger partial charge in [0.15, 0.2) is 0 Å². The zero-order chi connectivity index (χ0) is 15.1. The monoisotopic (exact) mass is 312 g/mol. The number of rotatable bonds is 7. The Morgan fingerprint density at radius 2 is 2.10 bits per heavy atom. The minimum atomic E-state index is -3.29. The molecule has 118 valence electrons. The fourth-order valence-electron chi connectivity index (χ4n) is 2.38. The molecule has 0 unspecified atom stereocenters. The minimum absolute atomic E-state index is 0.165. The first-order valence-electron chi connectivity index (χ1n) is 7.58. The van der Waals surface area contributed by atoms with Gasteiger partial charge in [0.25, 0.3) is 0 Å². The van der Waals surface area contributed by atoms with Gasteiger partial charge < -0.3 is 10.1 Å². The van der Waals surface area contributed by atoms with Crippen molar-refractivity contribution in [3.8, 4) is 5.75 Å². The van der Waals surface area contributed by atoms with Gasteiger partial charge in [0.05, 0.1) is 18.0 Å². The molecule has 0 amide bonds. The van der Waals surface area contributed by atoms with Crippen molar-refractivity contribution < 1.29 is 13.2 Å². The third-order valence-corrected chi connectivity index (χ3v) is 5.27. The van der Waals surface area contributed by atoms with Crippen LogP contribution in [0.3, 0.4) is 0 Å². The molecule has 0 aromatic heterocycles. The average molecular weight is 312 g/mol. The Morgan fingerprint density at radius 3 is 2.90 bits per heavy atom. The van der Waals surface area contributed by atoms with E-state index in [1.807, 2.05) is 24.3 Å². The number of fused-ring (bicyclic) bond motifs is 1. The van der Waals surface area contributed by atoms with E-state index in [1.54, 1.807) is 0 Å².